The highest BCUT2D eigenvalue weighted by Gasteiger charge is 2.15. The topological polar surface area (TPSA) is 54.9 Å². The summed E-state index contributed by atoms with van der Waals surface area (Å²) in [6.45, 7) is 0. The zero-order valence-electron chi connectivity index (χ0n) is 14.8. The third-order valence-corrected chi connectivity index (χ3v) is 6.09. The van der Waals surface area contributed by atoms with E-state index in [9.17, 15) is 4.79 Å². The van der Waals surface area contributed by atoms with Gasteiger partial charge in [-0.3, -0.25) is 4.79 Å². The van der Waals surface area contributed by atoms with Crippen molar-refractivity contribution < 1.29 is 4.79 Å². The van der Waals surface area contributed by atoms with Crippen LogP contribution >= 0.6 is 11.3 Å². The van der Waals surface area contributed by atoms with E-state index in [0.29, 0.717) is 6.42 Å². The van der Waals surface area contributed by atoms with Crippen LogP contribution in [0.3, 0.4) is 0 Å². The molecule has 1 aliphatic carbocycles. The van der Waals surface area contributed by atoms with Crippen LogP contribution in [0, 0.1) is 5.92 Å². The molecule has 5 heteroatoms. The minimum Gasteiger partial charge on any atom is -0.326 e. The van der Waals surface area contributed by atoms with Crippen molar-refractivity contribution in [2.45, 2.75) is 44.9 Å². The van der Waals surface area contributed by atoms with Gasteiger partial charge < -0.3 is 5.32 Å². The third-order valence-electron chi connectivity index (χ3n) is 5.06. The van der Waals surface area contributed by atoms with E-state index < -0.39 is 0 Å². The minimum absolute atomic E-state index is 0.110. The molecule has 1 aromatic carbocycles. The Hall–Kier alpha value is -2.27. The van der Waals surface area contributed by atoms with Gasteiger partial charge in [-0.05, 0) is 36.6 Å². The first-order valence-electron chi connectivity index (χ1n) is 9.40. The number of rotatable bonds is 5. The molecule has 1 amide bonds. The number of hydrogen-bond donors (Lipinski definition) is 1. The average molecular weight is 366 g/mol. The lowest BCUT2D eigenvalue weighted by Gasteiger charge is -2.21. The SMILES string of the molecule is O=C(CCC1CCCCC1)Nc1cccc(-c2nc3cccnc3s2)c1. The first-order chi connectivity index (χ1) is 12.8. The zero-order valence-corrected chi connectivity index (χ0v) is 15.6. The number of pyridine rings is 1. The van der Waals surface area contributed by atoms with Gasteiger partial charge in [0.05, 0.1) is 0 Å². The Morgan fingerprint density at radius 3 is 2.88 bits per heavy atom. The summed E-state index contributed by atoms with van der Waals surface area (Å²) in [7, 11) is 0. The summed E-state index contributed by atoms with van der Waals surface area (Å²) >= 11 is 1.57. The second kappa shape index (κ2) is 7.96. The molecule has 4 rings (SSSR count). The number of anilines is 1. The van der Waals surface area contributed by atoms with Gasteiger partial charge >= 0.3 is 0 Å². The molecule has 0 saturated heterocycles. The molecule has 0 aliphatic heterocycles. The van der Waals surface area contributed by atoms with Crippen LogP contribution in [0.2, 0.25) is 0 Å². The van der Waals surface area contributed by atoms with E-state index in [-0.39, 0.29) is 5.91 Å². The maximum atomic E-state index is 12.3. The number of amides is 1. The lowest BCUT2D eigenvalue weighted by molar-refractivity contribution is -0.116. The summed E-state index contributed by atoms with van der Waals surface area (Å²) in [6, 6.07) is 11.8. The number of nitrogens with zero attached hydrogens (tertiary/aromatic N) is 2. The Balaban J connectivity index is 1.41. The highest BCUT2D eigenvalue weighted by atomic mass is 32.1. The lowest BCUT2D eigenvalue weighted by Crippen LogP contribution is -2.14. The van der Waals surface area contributed by atoms with E-state index in [4.69, 9.17) is 0 Å². The number of fused-ring (bicyclic) bond motifs is 1. The maximum Gasteiger partial charge on any atom is 0.224 e. The normalized spacial score (nSPS) is 15.2. The van der Waals surface area contributed by atoms with Gasteiger partial charge in [0, 0.05) is 23.9 Å². The lowest BCUT2D eigenvalue weighted by atomic mass is 9.86. The van der Waals surface area contributed by atoms with Crippen LogP contribution in [0.25, 0.3) is 20.9 Å². The average Bonchev–Trinajstić information content (AvgIpc) is 3.12. The number of aromatic nitrogens is 2. The number of carbonyl (C=O) groups is 1. The smallest absolute Gasteiger partial charge is 0.224 e. The molecular formula is C21H23N3OS. The van der Waals surface area contributed by atoms with E-state index in [2.05, 4.69) is 15.3 Å². The van der Waals surface area contributed by atoms with E-state index >= 15 is 0 Å². The molecule has 1 saturated carbocycles. The van der Waals surface area contributed by atoms with E-state index in [1.54, 1.807) is 17.5 Å². The summed E-state index contributed by atoms with van der Waals surface area (Å²) in [4.78, 5) is 22.2. The Labute approximate surface area is 157 Å². The first-order valence-corrected chi connectivity index (χ1v) is 10.2. The summed E-state index contributed by atoms with van der Waals surface area (Å²) in [5.41, 5.74) is 2.76. The van der Waals surface area contributed by atoms with Crippen LogP contribution in [0.15, 0.2) is 42.6 Å². The van der Waals surface area contributed by atoms with Crippen molar-refractivity contribution in [2.24, 2.45) is 5.92 Å². The van der Waals surface area contributed by atoms with Crippen LogP contribution in [-0.4, -0.2) is 15.9 Å². The first kappa shape index (κ1) is 17.2. The summed E-state index contributed by atoms with van der Waals surface area (Å²) in [5.74, 6) is 0.842. The predicted octanol–water partition coefficient (Wildman–Crippen LogP) is 5.66. The largest absolute Gasteiger partial charge is 0.326 e. The van der Waals surface area contributed by atoms with E-state index in [0.717, 1.165) is 38.9 Å². The number of thiazole rings is 1. The molecule has 26 heavy (non-hydrogen) atoms. The number of hydrogen-bond acceptors (Lipinski definition) is 4. The Kier molecular flexibility index (Phi) is 5.25. The molecule has 1 fully saturated rings. The van der Waals surface area contributed by atoms with Crippen molar-refractivity contribution in [2.75, 3.05) is 5.32 Å². The second-order valence-corrected chi connectivity index (χ2v) is 8.00. The molecule has 1 N–H and O–H groups in total. The van der Waals surface area contributed by atoms with Crippen molar-refractivity contribution >= 4 is 33.3 Å². The molecule has 0 spiro atoms. The Bertz CT molecular complexity index is 866. The van der Waals surface area contributed by atoms with Gasteiger partial charge in [-0.15, -0.1) is 0 Å². The van der Waals surface area contributed by atoms with Gasteiger partial charge in [0.1, 0.15) is 15.4 Å². The fourth-order valence-electron chi connectivity index (χ4n) is 3.66. The Morgan fingerprint density at radius 2 is 2.04 bits per heavy atom. The van der Waals surface area contributed by atoms with E-state index in [1.807, 2.05) is 36.4 Å². The molecule has 0 atom stereocenters. The number of benzene rings is 1. The van der Waals surface area contributed by atoms with Crippen molar-refractivity contribution in [1.82, 2.24) is 9.97 Å². The molecule has 134 valence electrons. The van der Waals surface area contributed by atoms with Crippen LogP contribution in [0.5, 0.6) is 0 Å². The van der Waals surface area contributed by atoms with Gasteiger partial charge in [0.25, 0.3) is 0 Å². The quantitative estimate of drug-likeness (QED) is 0.635. The molecule has 0 unspecified atom stereocenters. The van der Waals surface area contributed by atoms with Gasteiger partial charge in [-0.1, -0.05) is 55.6 Å². The van der Waals surface area contributed by atoms with Gasteiger partial charge in [-0.2, -0.15) is 0 Å². The highest BCUT2D eigenvalue weighted by molar-refractivity contribution is 7.21. The van der Waals surface area contributed by atoms with Crippen molar-refractivity contribution in [1.29, 1.82) is 0 Å². The molecule has 0 bridgehead atoms. The van der Waals surface area contributed by atoms with Crippen LogP contribution in [0.1, 0.15) is 44.9 Å². The van der Waals surface area contributed by atoms with Crippen LogP contribution < -0.4 is 5.32 Å². The van der Waals surface area contributed by atoms with Crippen LogP contribution in [0.4, 0.5) is 5.69 Å². The van der Waals surface area contributed by atoms with Gasteiger partial charge in [0.2, 0.25) is 5.91 Å². The third kappa shape index (κ3) is 4.10. The minimum atomic E-state index is 0.110. The van der Waals surface area contributed by atoms with Crippen molar-refractivity contribution in [3.8, 4) is 10.6 Å². The zero-order chi connectivity index (χ0) is 17.8. The monoisotopic (exact) mass is 365 g/mol. The fourth-order valence-corrected chi connectivity index (χ4v) is 4.56. The molecular weight excluding hydrogens is 342 g/mol. The Morgan fingerprint density at radius 1 is 1.15 bits per heavy atom. The predicted molar refractivity (Wildman–Crippen MR) is 107 cm³/mol. The summed E-state index contributed by atoms with van der Waals surface area (Å²) in [6.07, 6.45) is 9.98. The number of carbonyl (C=O) groups excluding carboxylic acids is 1. The summed E-state index contributed by atoms with van der Waals surface area (Å²) < 4.78 is 0. The highest BCUT2D eigenvalue weighted by Crippen LogP contribution is 2.30. The van der Waals surface area contributed by atoms with E-state index in [1.165, 1.54) is 32.1 Å². The standard InChI is InChI=1S/C21H23N3OS/c25-19(12-11-15-6-2-1-3-7-15)23-17-9-4-8-16(14-17)20-24-18-10-5-13-22-21(18)26-20/h4-5,8-10,13-15H,1-3,6-7,11-12H2,(H,23,25). The van der Waals surface area contributed by atoms with Crippen LogP contribution in [-0.2, 0) is 4.79 Å². The molecule has 0 radical (unpaired) electrons. The van der Waals surface area contributed by atoms with Gasteiger partial charge in [-0.25, -0.2) is 9.97 Å². The molecule has 4 nitrogen and oxygen atoms in total. The van der Waals surface area contributed by atoms with Gasteiger partial charge in [0.15, 0.2) is 0 Å². The summed E-state index contributed by atoms with van der Waals surface area (Å²) in [5, 5.41) is 3.98. The molecule has 3 aromatic rings. The second-order valence-electron chi connectivity index (χ2n) is 7.02. The van der Waals surface area contributed by atoms with Crippen molar-refractivity contribution in [3.63, 3.8) is 0 Å². The molecule has 2 heterocycles. The fraction of sp³-hybridized carbons (Fsp3) is 0.381. The van der Waals surface area contributed by atoms with Crippen molar-refractivity contribution in [3.05, 3.63) is 42.6 Å². The number of nitrogens with one attached hydrogen (secondary N) is 1. The maximum absolute atomic E-state index is 12.3. The molecule has 1 aliphatic rings. The molecule has 2 aromatic heterocycles.